The predicted octanol–water partition coefficient (Wildman–Crippen LogP) is 3.17. The first kappa shape index (κ1) is 11.0. The van der Waals surface area contributed by atoms with E-state index in [4.69, 9.17) is 4.74 Å². The van der Waals surface area contributed by atoms with Crippen LogP contribution in [0.4, 0.5) is 0 Å². The molecule has 1 aromatic heterocycles. The molecular weight excluding hydrogens is 232 g/mol. The van der Waals surface area contributed by atoms with E-state index in [1.807, 2.05) is 24.4 Å². The van der Waals surface area contributed by atoms with E-state index < -0.39 is 6.10 Å². The Balaban J connectivity index is 1.97. The maximum atomic E-state index is 10.4. The van der Waals surface area contributed by atoms with Gasteiger partial charge in [0, 0.05) is 4.88 Å². The van der Waals surface area contributed by atoms with Crippen molar-refractivity contribution in [2.45, 2.75) is 26.2 Å². The first-order valence-electron chi connectivity index (χ1n) is 5.67. The lowest BCUT2D eigenvalue weighted by Gasteiger charge is -2.11. The molecule has 1 aliphatic heterocycles. The van der Waals surface area contributed by atoms with Crippen molar-refractivity contribution in [3.05, 3.63) is 56.8 Å². The van der Waals surface area contributed by atoms with Crippen molar-refractivity contribution in [3.8, 4) is 0 Å². The van der Waals surface area contributed by atoms with Gasteiger partial charge in [-0.25, -0.2) is 0 Å². The minimum absolute atomic E-state index is 0.513. The van der Waals surface area contributed by atoms with Gasteiger partial charge in [-0.05, 0) is 40.6 Å². The fourth-order valence-corrected chi connectivity index (χ4v) is 3.12. The van der Waals surface area contributed by atoms with Crippen molar-refractivity contribution < 1.29 is 9.84 Å². The SMILES string of the molecule is Cc1ccsc1C(O)c1ccc2c(c1)COC2. The molecule has 2 aromatic rings. The van der Waals surface area contributed by atoms with E-state index in [2.05, 4.69) is 12.1 Å². The van der Waals surface area contributed by atoms with E-state index >= 15 is 0 Å². The van der Waals surface area contributed by atoms with Crippen LogP contribution in [0.3, 0.4) is 0 Å². The third kappa shape index (κ3) is 1.90. The Morgan fingerprint density at radius 3 is 2.82 bits per heavy atom. The number of thiophene rings is 1. The number of aliphatic hydroxyl groups is 1. The van der Waals surface area contributed by atoms with Gasteiger partial charge in [-0.1, -0.05) is 18.2 Å². The minimum Gasteiger partial charge on any atom is -0.383 e. The first-order valence-corrected chi connectivity index (χ1v) is 6.55. The molecule has 1 unspecified atom stereocenters. The van der Waals surface area contributed by atoms with Gasteiger partial charge in [0.25, 0.3) is 0 Å². The van der Waals surface area contributed by atoms with Crippen LogP contribution < -0.4 is 0 Å². The van der Waals surface area contributed by atoms with E-state index in [9.17, 15) is 5.11 Å². The molecule has 0 radical (unpaired) electrons. The smallest absolute Gasteiger partial charge is 0.113 e. The molecule has 0 bridgehead atoms. The maximum Gasteiger partial charge on any atom is 0.113 e. The maximum absolute atomic E-state index is 10.4. The van der Waals surface area contributed by atoms with Crippen LogP contribution in [0, 0.1) is 6.92 Å². The summed E-state index contributed by atoms with van der Waals surface area (Å²) in [4.78, 5) is 1.03. The highest BCUT2D eigenvalue weighted by molar-refractivity contribution is 7.10. The van der Waals surface area contributed by atoms with Crippen LogP contribution in [0.1, 0.15) is 33.2 Å². The Kier molecular flexibility index (Phi) is 2.74. The van der Waals surface area contributed by atoms with Gasteiger partial charge < -0.3 is 9.84 Å². The number of hydrogen-bond donors (Lipinski definition) is 1. The second-order valence-electron chi connectivity index (χ2n) is 4.39. The third-order valence-corrected chi connectivity index (χ3v) is 4.28. The van der Waals surface area contributed by atoms with Crippen molar-refractivity contribution in [2.24, 2.45) is 0 Å². The molecular formula is C14H14O2S. The van der Waals surface area contributed by atoms with Crippen molar-refractivity contribution >= 4 is 11.3 Å². The third-order valence-electron chi connectivity index (χ3n) is 3.21. The Labute approximate surface area is 104 Å². The Hall–Kier alpha value is -1.16. The zero-order chi connectivity index (χ0) is 11.8. The Bertz CT molecular complexity index is 545. The van der Waals surface area contributed by atoms with E-state index in [1.54, 1.807) is 11.3 Å². The van der Waals surface area contributed by atoms with Gasteiger partial charge in [0.15, 0.2) is 0 Å². The largest absolute Gasteiger partial charge is 0.383 e. The number of rotatable bonds is 2. The molecule has 0 saturated carbocycles. The van der Waals surface area contributed by atoms with E-state index in [1.165, 1.54) is 11.1 Å². The van der Waals surface area contributed by atoms with Crippen LogP contribution in [-0.4, -0.2) is 5.11 Å². The fraction of sp³-hybridized carbons (Fsp3) is 0.286. The summed E-state index contributed by atoms with van der Waals surface area (Å²) in [6.07, 6.45) is -0.513. The lowest BCUT2D eigenvalue weighted by molar-refractivity contribution is 0.134. The van der Waals surface area contributed by atoms with Crippen LogP contribution >= 0.6 is 11.3 Å². The van der Waals surface area contributed by atoms with Gasteiger partial charge in [-0.3, -0.25) is 0 Å². The molecule has 1 aliphatic rings. The quantitative estimate of drug-likeness (QED) is 0.882. The van der Waals surface area contributed by atoms with E-state index in [0.29, 0.717) is 13.2 Å². The van der Waals surface area contributed by atoms with Gasteiger partial charge in [-0.2, -0.15) is 0 Å². The van der Waals surface area contributed by atoms with Crippen molar-refractivity contribution in [1.82, 2.24) is 0 Å². The lowest BCUT2D eigenvalue weighted by atomic mass is 10.0. The van der Waals surface area contributed by atoms with Crippen molar-refractivity contribution in [2.75, 3.05) is 0 Å². The molecule has 3 heteroatoms. The zero-order valence-electron chi connectivity index (χ0n) is 9.64. The predicted molar refractivity (Wildman–Crippen MR) is 68.1 cm³/mol. The highest BCUT2D eigenvalue weighted by Crippen LogP contribution is 2.31. The molecule has 0 spiro atoms. The number of fused-ring (bicyclic) bond motifs is 1. The van der Waals surface area contributed by atoms with Gasteiger partial charge in [0.05, 0.1) is 13.2 Å². The van der Waals surface area contributed by atoms with Gasteiger partial charge >= 0.3 is 0 Å². The van der Waals surface area contributed by atoms with Crippen LogP contribution in [0.2, 0.25) is 0 Å². The Morgan fingerprint density at radius 1 is 1.24 bits per heavy atom. The number of ether oxygens (including phenoxy) is 1. The molecule has 2 nitrogen and oxygen atoms in total. The number of hydrogen-bond acceptors (Lipinski definition) is 3. The summed E-state index contributed by atoms with van der Waals surface area (Å²) in [5.41, 5.74) is 4.55. The molecule has 1 aromatic carbocycles. The second-order valence-corrected chi connectivity index (χ2v) is 5.34. The van der Waals surface area contributed by atoms with Crippen molar-refractivity contribution in [3.63, 3.8) is 0 Å². The van der Waals surface area contributed by atoms with Gasteiger partial charge in [-0.15, -0.1) is 11.3 Å². The van der Waals surface area contributed by atoms with Crippen LogP contribution in [0.15, 0.2) is 29.6 Å². The fourth-order valence-electron chi connectivity index (χ4n) is 2.18. The van der Waals surface area contributed by atoms with Crippen LogP contribution in [0.5, 0.6) is 0 Å². The summed E-state index contributed by atoms with van der Waals surface area (Å²) in [6.45, 7) is 3.40. The monoisotopic (exact) mass is 246 g/mol. The lowest BCUT2D eigenvalue weighted by Crippen LogP contribution is -2.00. The minimum atomic E-state index is -0.513. The molecule has 1 N–H and O–H groups in total. The topological polar surface area (TPSA) is 29.5 Å². The summed E-state index contributed by atoms with van der Waals surface area (Å²) in [5, 5.41) is 12.4. The number of benzene rings is 1. The molecule has 0 saturated heterocycles. The standard InChI is InChI=1S/C14H14O2S/c1-9-4-5-17-14(9)13(15)10-2-3-11-7-16-8-12(11)6-10/h2-6,13,15H,7-8H2,1H3. The van der Waals surface area contributed by atoms with E-state index in [0.717, 1.165) is 16.0 Å². The summed E-state index contributed by atoms with van der Waals surface area (Å²) < 4.78 is 5.39. The number of aryl methyl sites for hydroxylation is 1. The molecule has 0 aliphatic carbocycles. The van der Waals surface area contributed by atoms with Crippen LogP contribution in [-0.2, 0) is 18.0 Å². The summed E-state index contributed by atoms with van der Waals surface area (Å²) in [7, 11) is 0. The van der Waals surface area contributed by atoms with Gasteiger partial charge in [0.1, 0.15) is 6.10 Å². The molecule has 0 amide bonds. The summed E-state index contributed by atoms with van der Waals surface area (Å²) >= 11 is 1.60. The zero-order valence-corrected chi connectivity index (χ0v) is 10.5. The summed E-state index contributed by atoms with van der Waals surface area (Å²) in [6, 6.07) is 8.16. The highest BCUT2D eigenvalue weighted by atomic mass is 32.1. The van der Waals surface area contributed by atoms with Gasteiger partial charge in [0.2, 0.25) is 0 Å². The van der Waals surface area contributed by atoms with Crippen LogP contribution in [0.25, 0.3) is 0 Å². The molecule has 0 fully saturated rings. The second kappa shape index (κ2) is 4.26. The normalized spacial score (nSPS) is 15.9. The average molecular weight is 246 g/mol. The number of aliphatic hydroxyl groups excluding tert-OH is 1. The molecule has 17 heavy (non-hydrogen) atoms. The molecule has 88 valence electrons. The highest BCUT2D eigenvalue weighted by Gasteiger charge is 2.17. The molecule has 1 atom stereocenters. The average Bonchev–Trinajstić information content (AvgIpc) is 2.95. The first-order chi connectivity index (χ1) is 8.25. The van der Waals surface area contributed by atoms with E-state index in [-0.39, 0.29) is 0 Å². The summed E-state index contributed by atoms with van der Waals surface area (Å²) in [5.74, 6) is 0. The van der Waals surface area contributed by atoms with Crippen molar-refractivity contribution in [1.29, 1.82) is 0 Å². The molecule has 3 rings (SSSR count). The molecule has 2 heterocycles. The Morgan fingerprint density at radius 2 is 2.06 bits per heavy atom.